The zero-order chi connectivity index (χ0) is 13.7. The molecule has 1 heterocycles. The van der Waals surface area contributed by atoms with Gasteiger partial charge in [0.1, 0.15) is 6.61 Å². The molecule has 0 saturated heterocycles. The second kappa shape index (κ2) is 6.33. The Morgan fingerprint density at radius 3 is 3.05 bits per heavy atom. The fraction of sp³-hybridized carbons (Fsp3) is 0.429. The molecule has 0 unspecified atom stereocenters. The zero-order valence-corrected chi connectivity index (χ0v) is 11.4. The highest BCUT2D eigenvalue weighted by Gasteiger charge is 2.04. The zero-order valence-electron chi connectivity index (χ0n) is 11.4. The normalized spacial score (nSPS) is 11.8. The number of oxime groups is 1. The smallest absolute Gasteiger partial charge is 0.129 e. The first-order chi connectivity index (χ1) is 9.20. The van der Waals surface area contributed by atoms with E-state index in [2.05, 4.69) is 36.2 Å². The maximum Gasteiger partial charge on any atom is 0.129 e. The van der Waals surface area contributed by atoms with Gasteiger partial charge in [0.15, 0.2) is 0 Å². The minimum absolute atomic E-state index is 0.436. The van der Waals surface area contributed by atoms with Crippen LogP contribution in [0.1, 0.15) is 19.4 Å². The van der Waals surface area contributed by atoms with Gasteiger partial charge in [0.2, 0.25) is 0 Å². The summed E-state index contributed by atoms with van der Waals surface area (Å²) < 4.78 is 2.03. The number of benzene rings is 1. The van der Waals surface area contributed by atoms with Crippen molar-refractivity contribution < 1.29 is 4.84 Å². The van der Waals surface area contributed by atoms with Crippen LogP contribution in [0.4, 0.5) is 0 Å². The summed E-state index contributed by atoms with van der Waals surface area (Å²) in [5.41, 5.74) is 7.46. The molecule has 19 heavy (non-hydrogen) atoms. The second-order valence-corrected chi connectivity index (χ2v) is 4.90. The van der Waals surface area contributed by atoms with Crippen LogP contribution in [0.15, 0.2) is 29.6 Å². The van der Waals surface area contributed by atoms with Gasteiger partial charge < -0.3 is 10.6 Å². The van der Waals surface area contributed by atoms with Crippen molar-refractivity contribution in [2.45, 2.75) is 20.4 Å². The van der Waals surface area contributed by atoms with Gasteiger partial charge in [0.25, 0.3) is 0 Å². The molecule has 0 aliphatic carbocycles. The van der Waals surface area contributed by atoms with Crippen LogP contribution >= 0.6 is 0 Å². The molecular weight excluding hydrogens is 240 g/mol. The third-order valence-corrected chi connectivity index (χ3v) is 2.69. The van der Waals surface area contributed by atoms with Crippen LogP contribution in [-0.2, 0) is 11.4 Å². The highest BCUT2D eigenvalue weighted by molar-refractivity contribution is 5.88. The number of hydrogen-bond acceptors (Lipinski definition) is 4. The average molecular weight is 260 g/mol. The molecule has 5 nitrogen and oxygen atoms in total. The van der Waals surface area contributed by atoms with E-state index in [1.807, 2.05) is 16.9 Å². The van der Waals surface area contributed by atoms with Gasteiger partial charge in [0.05, 0.1) is 17.9 Å². The molecule has 0 bridgehead atoms. The van der Waals surface area contributed by atoms with Gasteiger partial charge in [0, 0.05) is 18.5 Å². The van der Waals surface area contributed by atoms with Gasteiger partial charge in [-0.05, 0) is 23.6 Å². The minimum atomic E-state index is 0.436. The molecule has 1 aromatic carbocycles. The SMILES string of the molecule is CC(C)Cn1ncc2cc(C=NOCCN)ccc21. The first-order valence-electron chi connectivity index (χ1n) is 6.51. The molecule has 0 atom stereocenters. The summed E-state index contributed by atoms with van der Waals surface area (Å²) in [6, 6.07) is 6.12. The van der Waals surface area contributed by atoms with Crippen molar-refractivity contribution in [2.24, 2.45) is 16.8 Å². The number of rotatable bonds is 6. The van der Waals surface area contributed by atoms with Crippen LogP contribution in [0.25, 0.3) is 10.9 Å². The molecule has 0 aliphatic heterocycles. The van der Waals surface area contributed by atoms with Gasteiger partial charge in [-0.1, -0.05) is 25.1 Å². The van der Waals surface area contributed by atoms with Crippen molar-refractivity contribution in [3.8, 4) is 0 Å². The summed E-state index contributed by atoms with van der Waals surface area (Å²) in [4.78, 5) is 4.98. The van der Waals surface area contributed by atoms with Crippen molar-refractivity contribution in [2.75, 3.05) is 13.2 Å². The molecule has 0 saturated carbocycles. The minimum Gasteiger partial charge on any atom is -0.394 e. The molecule has 0 aliphatic rings. The Balaban J connectivity index is 2.15. The lowest BCUT2D eigenvalue weighted by Crippen LogP contribution is -2.05. The highest BCUT2D eigenvalue weighted by atomic mass is 16.6. The number of nitrogens with two attached hydrogens (primary N) is 1. The van der Waals surface area contributed by atoms with E-state index in [1.165, 1.54) is 0 Å². The van der Waals surface area contributed by atoms with Crippen molar-refractivity contribution >= 4 is 17.1 Å². The number of hydrogen-bond donors (Lipinski definition) is 1. The summed E-state index contributed by atoms with van der Waals surface area (Å²) in [7, 11) is 0. The van der Waals surface area contributed by atoms with Gasteiger partial charge >= 0.3 is 0 Å². The average Bonchev–Trinajstić information content (AvgIpc) is 2.77. The van der Waals surface area contributed by atoms with Crippen LogP contribution < -0.4 is 5.73 Å². The molecule has 102 valence electrons. The standard InChI is InChI=1S/C14H20N4O/c1-11(2)10-18-14-4-3-12(7-13(14)9-16-18)8-17-19-6-5-15/h3-4,7-9,11H,5-6,10,15H2,1-2H3. The lowest BCUT2D eigenvalue weighted by atomic mass is 10.1. The van der Waals surface area contributed by atoms with Crippen LogP contribution in [0.5, 0.6) is 0 Å². The van der Waals surface area contributed by atoms with E-state index in [0.29, 0.717) is 19.1 Å². The fourth-order valence-electron chi connectivity index (χ4n) is 1.88. The van der Waals surface area contributed by atoms with Crippen LogP contribution in [0.2, 0.25) is 0 Å². The number of nitrogens with zero attached hydrogens (tertiary/aromatic N) is 3. The molecule has 0 spiro atoms. The maximum atomic E-state index is 5.31. The van der Waals surface area contributed by atoms with Gasteiger partial charge in [-0.3, -0.25) is 4.68 Å². The number of aromatic nitrogens is 2. The largest absolute Gasteiger partial charge is 0.394 e. The highest BCUT2D eigenvalue weighted by Crippen LogP contribution is 2.16. The third kappa shape index (κ3) is 3.54. The number of fused-ring (bicyclic) bond motifs is 1. The molecule has 2 rings (SSSR count). The van der Waals surface area contributed by atoms with Crippen molar-refractivity contribution in [1.29, 1.82) is 0 Å². The Bertz CT molecular complexity index is 560. The summed E-state index contributed by atoms with van der Waals surface area (Å²) in [5, 5.41) is 9.39. The monoisotopic (exact) mass is 260 g/mol. The molecule has 0 fully saturated rings. The summed E-state index contributed by atoms with van der Waals surface area (Å²) in [5.74, 6) is 0.578. The molecule has 0 radical (unpaired) electrons. The molecule has 1 aromatic heterocycles. The second-order valence-electron chi connectivity index (χ2n) is 4.90. The molecule has 0 amide bonds. The van der Waals surface area contributed by atoms with Crippen LogP contribution in [0.3, 0.4) is 0 Å². The lowest BCUT2D eigenvalue weighted by Gasteiger charge is -2.06. The summed E-state index contributed by atoms with van der Waals surface area (Å²) >= 11 is 0. The van der Waals surface area contributed by atoms with E-state index in [1.54, 1.807) is 6.21 Å². The lowest BCUT2D eigenvalue weighted by molar-refractivity contribution is 0.154. The van der Waals surface area contributed by atoms with Crippen molar-refractivity contribution in [1.82, 2.24) is 9.78 Å². The Morgan fingerprint density at radius 1 is 1.47 bits per heavy atom. The first kappa shape index (κ1) is 13.5. The first-order valence-corrected chi connectivity index (χ1v) is 6.51. The van der Waals surface area contributed by atoms with Gasteiger partial charge in [-0.15, -0.1) is 0 Å². The van der Waals surface area contributed by atoms with E-state index in [9.17, 15) is 0 Å². The Hall–Kier alpha value is -1.88. The van der Waals surface area contributed by atoms with Crippen LogP contribution in [0, 0.1) is 5.92 Å². The Labute approximate surface area is 113 Å². The van der Waals surface area contributed by atoms with Crippen LogP contribution in [-0.4, -0.2) is 29.1 Å². The van der Waals surface area contributed by atoms with E-state index in [0.717, 1.165) is 23.0 Å². The summed E-state index contributed by atoms with van der Waals surface area (Å²) in [6.45, 7) is 6.20. The van der Waals surface area contributed by atoms with E-state index < -0.39 is 0 Å². The van der Waals surface area contributed by atoms with E-state index >= 15 is 0 Å². The topological polar surface area (TPSA) is 65.4 Å². The predicted octanol–water partition coefficient (Wildman–Crippen LogP) is 2.00. The fourth-order valence-corrected chi connectivity index (χ4v) is 1.88. The van der Waals surface area contributed by atoms with Gasteiger partial charge in [-0.2, -0.15) is 5.10 Å². The molecule has 2 N–H and O–H groups in total. The summed E-state index contributed by atoms with van der Waals surface area (Å²) in [6.07, 6.45) is 3.57. The van der Waals surface area contributed by atoms with Crippen molar-refractivity contribution in [3.63, 3.8) is 0 Å². The Morgan fingerprint density at radius 2 is 2.32 bits per heavy atom. The molecular formula is C14H20N4O. The maximum absolute atomic E-state index is 5.31. The Kier molecular flexibility index (Phi) is 4.52. The quantitative estimate of drug-likeness (QED) is 0.491. The third-order valence-electron chi connectivity index (χ3n) is 2.69. The van der Waals surface area contributed by atoms with Gasteiger partial charge in [-0.25, -0.2) is 0 Å². The predicted molar refractivity (Wildman–Crippen MR) is 77.2 cm³/mol. The van der Waals surface area contributed by atoms with E-state index in [-0.39, 0.29) is 0 Å². The van der Waals surface area contributed by atoms with Crippen molar-refractivity contribution in [3.05, 3.63) is 30.0 Å². The van der Waals surface area contributed by atoms with E-state index in [4.69, 9.17) is 10.6 Å². The molecule has 2 aromatic rings. The molecule has 5 heteroatoms.